The highest BCUT2D eigenvalue weighted by molar-refractivity contribution is 6.02. The van der Waals surface area contributed by atoms with Gasteiger partial charge in [-0.05, 0) is 39.7 Å². The van der Waals surface area contributed by atoms with Crippen LogP contribution in [0.15, 0.2) is 55.1 Å². The van der Waals surface area contributed by atoms with Crippen molar-refractivity contribution < 1.29 is 5.11 Å². The summed E-state index contributed by atoms with van der Waals surface area (Å²) in [6, 6.07) is 16.1. The zero-order valence-electron chi connectivity index (χ0n) is 9.35. The zero-order chi connectivity index (χ0) is 11.8. The van der Waals surface area contributed by atoms with Gasteiger partial charge in [0.05, 0.1) is 0 Å². The predicted molar refractivity (Wildman–Crippen MR) is 73.2 cm³/mol. The minimum Gasteiger partial charge on any atom is -0.507 e. The van der Waals surface area contributed by atoms with Crippen molar-refractivity contribution in [2.45, 2.75) is 0 Å². The summed E-state index contributed by atoms with van der Waals surface area (Å²) in [6.45, 7) is 3.76. The number of aromatic hydroxyl groups is 1. The normalized spacial score (nSPS) is 10.8. The molecule has 0 spiro atoms. The molecule has 0 aliphatic heterocycles. The molecule has 3 aromatic rings. The zero-order valence-corrected chi connectivity index (χ0v) is 9.35. The van der Waals surface area contributed by atoms with E-state index in [1.807, 2.05) is 18.2 Å². The average molecular weight is 220 g/mol. The first-order valence-electron chi connectivity index (χ1n) is 5.56. The summed E-state index contributed by atoms with van der Waals surface area (Å²) in [5.74, 6) is 0.280. The van der Waals surface area contributed by atoms with Crippen LogP contribution in [0.2, 0.25) is 0 Å². The van der Waals surface area contributed by atoms with E-state index in [0.717, 1.165) is 16.3 Å². The Kier molecular flexibility index (Phi) is 2.12. The minimum atomic E-state index is 0.280. The van der Waals surface area contributed by atoms with Gasteiger partial charge in [0, 0.05) is 5.56 Å². The first kappa shape index (κ1) is 9.91. The highest BCUT2D eigenvalue weighted by Gasteiger charge is 2.04. The Labute approximate surface area is 99.6 Å². The number of hydrogen-bond acceptors (Lipinski definition) is 1. The van der Waals surface area contributed by atoms with Gasteiger partial charge in [0.2, 0.25) is 0 Å². The molecule has 0 unspecified atom stereocenters. The van der Waals surface area contributed by atoms with Gasteiger partial charge in [-0.2, -0.15) is 0 Å². The molecule has 0 aromatic heterocycles. The summed E-state index contributed by atoms with van der Waals surface area (Å²) in [6.07, 6.45) is 1.70. The van der Waals surface area contributed by atoms with Crippen molar-refractivity contribution in [2.75, 3.05) is 0 Å². The first-order valence-corrected chi connectivity index (χ1v) is 5.56. The summed E-state index contributed by atoms with van der Waals surface area (Å²) < 4.78 is 0. The van der Waals surface area contributed by atoms with Crippen LogP contribution >= 0.6 is 0 Å². The molecule has 0 heterocycles. The lowest BCUT2D eigenvalue weighted by molar-refractivity contribution is 0.475. The molecule has 0 amide bonds. The van der Waals surface area contributed by atoms with E-state index in [4.69, 9.17) is 0 Å². The largest absolute Gasteiger partial charge is 0.507 e. The molecule has 0 bridgehead atoms. The molecule has 3 rings (SSSR count). The smallest absolute Gasteiger partial charge is 0.123 e. The van der Waals surface area contributed by atoms with Crippen LogP contribution in [0, 0.1) is 0 Å². The minimum absolute atomic E-state index is 0.280. The van der Waals surface area contributed by atoms with E-state index in [9.17, 15) is 5.11 Å². The van der Waals surface area contributed by atoms with E-state index in [1.54, 1.807) is 12.1 Å². The fraction of sp³-hybridized carbons (Fsp3) is 0. The predicted octanol–water partition coefficient (Wildman–Crippen LogP) is 4.34. The second-order valence-electron chi connectivity index (χ2n) is 4.12. The maximum absolute atomic E-state index is 9.81. The SMILES string of the molecule is C=Cc1c(O)ccc2cc3ccccc3cc12. The van der Waals surface area contributed by atoms with Gasteiger partial charge in [0.1, 0.15) is 5.75 Å². The Morgan fingerprint density at radius 1 is 0.882 bits per heavy atom. The fourth-order valence-corrected chi connectivity index (χ4v) is 2.24. The van der Waals surface area contributed by atoms with Gasteiger partial charge < -0.3 is 5.11 Å². The third-order valence-electron chi connectivity index (χ3n) is 3.11. The molecule has 1 nitrogen and oxygen atoms in total. The lowest BCUT2D eigenvalue weighted by Gasteiger charge is -2.07. The highest BCUT2D eigenvalue weighted by atomic mass is 16.3. The van der Waals surface area contributed by atoms with Crippen LogP contribution in [0.1, 0.15) is 5.56 Å². The molecule has 1 heteroatoms. The Morgan fingerprint density at radius 2 is 1.59 bits per heavy atom. The quantitative estimate of drug-likeness (QED) is 0.605. The van der Waals surface area contributed by atoms with Gasteiger partial charge in [-0.1, -0.05) is 43.0 Å². The molecule has 0 radical (unpaired) electrons. The maximum atomic E-state index is 9.81. The lowest BCUT2D eigenvalue weighted by Crippen LogP contribution is -1.81. The average Bonchev–Trinajstić information content (AvgIpc) is 2.36. The van der Waals surface area contributed by atoms with Crippen molar-refractivity contribution in [1.29, 1.82) is 0 Å². The van der Waals surface area contributed by atoms with Gasteiger partial charge in [0.15, 0.2) is 0 Å². The Bertz CT molecular complexity index is 726. The van der Waals surface area contributed by atoms with Crippen molar-refractivity contribution in [3.63, 3.8) is 0 Å². The second kappa shape index (κ2) is 3.63. The van der Waals surface area contributed by atoms with Crippen LogP contribution in [-0.4, -0.2) is 5.11 Å². The molecule has 0 aliphatic carbocycles. The van der Waals surface area contributed by atoms with E-state index < -0.39 is 0 Å². The van der Waals surface area contributed by atoms with E-state index in [2.05, 4.69) is 30.8 Å². The molecule has 0 fully saturated rings. The monoisotopic (exact) mass is 220 g/mol. The van der Waals surface area contributed by atoms with Crippen molar-refractivity contribution >= 4 is 27.6 Å². The van der Waals surface area contributed by atoms with Gasteiger partial charge in [0.25, 0.3) is 0 Å². The molecule has 82 valence electrons. The Hall–Kier alpha value is -2.28. The lowest BCUT2D eigenvalue weighted by atomic mass is 9.99. The van der Waals surface area contributed by atoms with E-state index in [0.29, 0.717) is 0 Å². The third-order valence-corrected chi connectivity index (χ3v) is 3.11. The summed E-state index contributed by atoms with van der Waals surface area (Å²) in [7, 11) is 0. The molecule has 0 saturated heterocycles. The Morgan fingerprint density at radius 3 is 2.29 bits per heavy atom. The van der Waals surface area contributed by atoms with E-state index >= 15 is 0 Å². The topological polar surface area (TPSA) is 20.2 Å². The first-order chi connectivity index (χ1) is 8.29. The summed E-state index contributed by atoms with van der Waals surface area (Å²) in [5, 5.41) is 14.4. The molecule has 0 aliphatic rings. The van der Waals surface area contributed by atoms with Gasteiger partial charge >= 0.3 is 0 Å². The van der Waals surface area contributed by atoms with Crippen LogP contribution in [0.3, 0.4) is 0 Å². The number of benzene rings is 3. The van der Waals surface area contributed by atoms with E-state index in [1.165, 1.54) is 10.8 Å². The molecule has 0 saturated carbocycles. The number of phenols is 1. The van der Waals surface area contributed by atoms with Crippen LogP contribution < -0.4 is 0 Å². The highest BCUT2D eigenvalue weighted by Crippen LogP contribution is 2.31. The van der Waals surface area contributed by atoms with Crippen LogP contribution in [0.25, 0.3) is 27.6 Å². The molecular formula is C16H12O. The van der Waals surface area contributed by atoms with Crippen molar-refractivity contribution in [3.05, 3.63) is 60.7 Å². The van der Waals surface area contributed by atoms with E-state index in [-0.39, 0.29) is 5.75 Å². The van der Waals surface area contributed by atoms with Gasteiger partial charge in [-0.15, -0.1) is 0 Å². The van der Waals surface area contributed by atoms with Crippen LogP contribution in [0.5, 0.6) is 5.75 Å². The van der Waals surface area contributed by atoms with Crippen molar-refractivity contribution in [3.8, 4) is 5.75 Å². The third kappa shape index (κ3) is 1.48. The van der Waals surface area contributed by atoms with Gasteiger partial charge in [-0.3, -0.25) is 0 Å². The summed E-state index contributed by atoms with van der Waals surface area (Å²) >= 11 is 0. The maximum Gasteiger partial charge on any atom is 0.123 e. The number of fused-ring (bicyclic) bond motifs is 2. The Balaban J connectivity index is 2.52. The van der Waals surface area contributed by atoms with Gasteiger partial charge in [-0.25, -0.2) is 0 Å². The van der Waals surface area contributed by atoms with Crippen LogP contribution in [-0.2, 0) is 0 Å². The van der Waals surface area contributed by atoms with Crippen LogP contribution in [0.4, 0.5) is 0 Å². The number of rotatable bonds is 1. The summed E-state index contributed by atoms with van der Waals surface area (Å²) in [4.78, 5) is 0. The molecular weight excluding hydrogens is 208 g/mol. The molecule has 1 N–H and O–H groups in total. The standard InChI is InChI=1S/C16H12O/c1-2-14-15-10-12-6-4-3-5-11(12)9-13(15)7-8-16(14)17/h2-10,17H,1H2. The second-order valence-corrected chi connectivity index (χ2v) is 4.12. The molecule has 0 atom stereocenters. The van der Waals surface area contributed by atoms with Crippen molar-refractivity contribution in [1.82, 2.24) is 0 Å². The molecule has 3 aromatic carbocycles. The fourth-order valence-electron chi connectivity index (χ4n) is 2.24. The number of hydrogen-bond donors (Lipinski definition) is 1. The molecule has 17 heavy (non-hydrogen) atoms. The summed E-state index contributed by atoms with van der Waals surface area (Å²) in [5.41, 5.74) is 0.799. The van der Waals surface area contributed by atoms with Crippen molar-refractivity contribution in [2.24, 2.45) is 0 Å². The number of phenolic OH excluding ortho intramolecular Hbond substituents is 1.